The van der Waals surface area contributed by atoms with Crippen molar-refractivity contribution in [2.24, 2.45) is 4.99 Å². The van der Waals surface area contributed by atoms with Gasteiger partial charge < -0.3 is 9.29 Å². The average Bonchev–Trinajstić information content (AvgIpc) is 3.26. The molecule has 0 unspecified atom stereocenters. The van der Waals surface area contributed by atoms with E-state index < -0.39 is 0 Å². The van der Waals surface area contributed by atoms with Crippen molar-refractivity contribution in [1.82, 2.24) is 9.97 Å². The number of fused-ring (bicyclic) bond motifs is 1. The first-order valence-electron chi connectivity index (χ1n) is 7.46. The molecule has 4 nitrogen and oxygen atoms in total. The Balaban J connectivity index is 1.95. The number of H-pyrrole nitrogens is 1. The van der Waals surface area contributed by atoms with Gasteiger partial charge in [-0.05, 0) is 31.9 Å². The molecule has 2 aromatic heterocycles. The van der Waals surface area contributed by atoms with Gasteiger partial charge in [-0.25, -0.2) is 4.98 Å². The van der Waals surface area contributed by atoms with Crippen molar-refractivity contribution in [3.63, 3.8) is 0 Å². The van der Waals surface area contributed by atoms with Crippen LogP contribution < -0.4 is 4.31 Å². The van der Waals surface area contributed by atoms with Crippen LogP contribution in [0.25, 0.3) is 21.6 Å². The number of aromatic nitrogens is 2. The maximum atomic E-state index is 4.38. The van der Waals surface area contributed by atoms with Crippen molar-refractivity contribution in [1.29, 1.82) is 0 Å². The first kappa shape index (κ1) is 16.5. The number of nitrogens with one attached hydrogen (secondary N) is 1. The third-order valence-electron chi connectivity index (χ3n) is 3.45. The maximum absolute atomic E-state index is 4.38. The van der Waals surface area contributed by atoms with E-state index in [9.17, 15) is 0 Å². The number of thiazole rings is 1. The Kier molecular flexibility index (Phi) is 5.17. The van der Waals surface area contributed by atoms with Crippen molar-refractivity contribution < 1.29 is 0 Å². The summed E-state index contributed by atoms with van der Waals surface area (Å²) in [5.74, 6) is 0. The third-order valence-corrected chi connectivity index (χ3v) is 5.18. The minimum absolute atomic E-state index is 0.847. The molecule has 0 amide bonds. The molecular formula is C18H18N4S2. The molecule has 2 heterocycles. The summed E-state index contributed by atoms with van der Waals surface area (Å²) in [6.45, 7) is 5.62. The monoisotopic (exact) mass is 354 g/mol. The normalized spacial score (nSPS) is 12.2. The van der Waals surface area contributed by atoms with Crippen molar-refractivity contribution in [2.45, 2.75) is 6.92 Å². The number of allylic oxidation sites excluding steroid dienone is 3. The molecule has 0 fully saturated rings. The highest BCUT2D eigenvalue weighted by Crippen LogP contribution is 2.35. The van der Waals surface area contributed by atoms with E-state index in [1.807, 2.05) is 43.8 Å². The van der Waals surface area contributed by atoms with Crippen LogP contribution in [0.1, 0.15) is 6.92 Å². The maximum Gasteiger partial charge on any atom is 0.139 e. The fraction of sp³-hybridized carbons (Fsp3) is 0.111. The van der Waals surface area contributed by atoms with Gasteiger partial charge in [-0.1, -0.05) is 24.3 Å². The summed E-state index contributed by atoms with van der Waals surface area (Å²) in [5.41, 5.74) is 3.22. The number of aromatic amines is 1. The summed E-state index contributed by atoms with van der Waals surface area (Å²) in [6, 6.07) is 8.39. The zero-order chi connectivity index (χ0) is 16.9. The molecule has 24 heavy (non-hydrogen) atoms. The van der Waals surface area contributed by atoms with Crippen LogP contribution in [-0.4, -0.2) is 23.7 Å². The lowest BCUT2D eigenvalue weighted by Crippen LogP contribution is -2.06. The standard InChI is InChI=1S/C18H18N4S2/c1-4-5-9-16(19-2)24-22(3)15-8-6-7-13-12-14(21-17(13)15)18-20-10-11-23-18/h4-12,21H,2H2,1,3H3/b5-4-,16-9+. The number of hydrogen-bond donors (Lipinski definition) is 1. The van der Waals surface area contributed by atoms with Crippen molar-refractivity contribution in [3.05, 3.63) is 59.1 Å². The fourth-order valence-electron chi connectivity index (χ4n) is 2.35. The first-order chi connectivity index (χ1) is 11.7. The molecule has 0 radical (unpaired) electrons. The second-order valence-electron chi connectivity index (χ2n) is 5.04. The summed E-state index contributed by atoms with van der Waals surface area (Å²) in [5, 5.41) is 4.99. The fourth-order valence-corrected chi connectivity index (χ4v) is 3.69. The number of aliphatic imine (C=N–C) groups is 1. The second-order valence-corrected chi connectivity index (χ2v) is 7.08. The predicted molar refractivity (Wildman–Crippen MR) is 108 cm³/mol. The number of anilines is 1. The van der Waals surface area contributed by atoms with Crippen LogP contribution in [0.4, 0.5) is 5.69 Å². The lowest BCUT2D eigenvalue weighted by atomic mass is 10.2. The molecule has 1 N–H and O–H groups in total. The second kappa shape index (κ2) is 7.51. The predicted octanol–water partition coefficient (Wildman–Crippen LogP) is 5.49. The molecule has 122 valence electrons. The molecule has 3 rings (SSSR count). The lowest BCUT2D eigenvalue weighted by Gasteiger charge is -2.18. The summed E-state index contributed by atoms with van der Waals surface area (Å²) < 4.78 is 2.09. The number of rotatable bonds is 6. The largest absolute Gasteiger partial charge is 0.351 e. The van der Waals surface area contributed by atoms with E-state index in [1.54, 1.807) is 23.3 Å². The van der Waals surface area contributed by atoms with E-state index in [0.717, 1.165) is 32.3 Å². The van der Waals surface area contributed by atoms with E-state index in [-0.39, 0.29) is 0 Å². The van der Waals surface area contributed by atoms with E-state index >= 15 is 0 Å². The summed E-state index contributed by atoms with van der Waals surface area (Å²) in [7, 11) is 2.03. The SMILES string of the molecule is C=N/C(=C\C=C/C)SN(C)c1cccc2cc(-c3nccs3)[nH]c12. The summed E-state index contributed by atoms with van der Waals surface area (Å²) >= 11 is 3.17. The van der Waals surface area contributed by atoms with E-state index in [2.05, 4.69) is 50.2 Å². The highest BCUT2D eigenvalue weighted by Gasteiger charge is 2.12. The molecule has 0 saturated carbocycles. The van der Waals surface area contributed by atoms with Crippen LogP contribution >= 0.6 is 23.3 Å². The van der Waals surface area contributed by atoms with Gasteiger partial charge in [0.15, 0.2) is 0 Å². The van der Waals surface area contributed by atoms with E-state index in [0.29, 0.717) is 0 Å². The minimum Gasteiger partial charge on any atom is -0.351 e. The average molecular weight is 355 g/mol. The van der Waals surface area contributed by atoms with Gasteiger partial charge in [-0.15, -0.1) is 11.3 Å². The highest BCUT2D eigenvalue weighted by molar-refractivity contribution is 8.04. The molecule has 0 saturated heterocycles. The molecular weight excluding hydrogens is 336 g/mol. The molecule has 3 aromatic rings. The topological polar surface area (TPSA) is 44.3 Å². The van der Waals surface area contributed by atoms with E-state index in [1.165, 1.54) is 0 Å². The van der Waals surface area contributed by atoms with Crippen LogP contribution in [0.15, 0.2) is 64.1 Å². The Hall–Kier alpha value is -2.31. The van der Waals surface area contributed by atoms with Gasteiger partial charge in [-0.3, -0.25) is 4.99 Å². The Labute approximate surface area is 149 Å². The Bertz CT molecular complexity index is 891. The van der Waals surface area contributed by atoms with Gasteiger partial charge in [0.2, 0.25) is 0 Å². The summed E-state index contributed by atoms with van der Waals surface area (Å²) in [4.78, 5) is 12.0. The van der Waals surface area contributed by atoms with Crippen molar-refractivity contribution in [3.8, 4) is 10.7 Å². The smallest absolute Gasteiger partial charge is 0.139 e. The van der Waals surface area contributed by atoms with Gasteiger partial charge in [0.1, 0.15) is 10.0 Å². The zero-order valence-corrected chi connectivity index (χ0v) is 15.2. The molecule has 0 aliphatic rings. The molecule has 0 aliphatic heterocycles. The number of hydrogen-bond acceptors (Lipinski definition) is 5. The zero-order valence-electron chi connectivity index (χ0n) is 13.6. The van der Waals surface area contributed by atoms with Crippen LogP contribution in [0, 0.1) is 0 Å². The molecule has 0 atom stereocenters. The Morgan fingerprint density at radius 3 is 3.04 bits per heavy atom. The van der Waals surface area contributed by atoms with E-state index in [4.69, 9.17) is 0 Å². The third kappa shape index (κ3) is 3.44. The number of nitrogens with zero attached hydrogens (tertiary/aromatic N) is 3. The number of benzene rings is 1. The quantitative estimate of drug-likeness (QED) is 0.361. The molecule has 0 bridgehead atoms. The van der Waals surface area contributed by atoms with Crippen LogP contribution in [0.2, 0.25) is 0 Å². The lowest BCUT2D eigenvalue weighted by molar-refractivity contribution is 1.33. The van der Waals surface area contributed by atoms with Gasteiger partial charge in [-0.2, -0.15) is 0 Å². The molecule has 0 aliphatic carbocycles. The van der Waals surface area contributed by atoms with Gasteiger partial charge in [0, 0.05) is 36.0 Å². The summed E-state index contributed by atoms with van der Waals surface area (Å²) in [6.07, 6.45) is 7.70. The Morgan fingerprint density at radius 1 is 1.46 bits per heavy atom. The molecule has 6 heteroatoms. The van der Waals surface area contributed by atoms with Crippen molar-refractivity contribution in [2.75, 3.05) is 11.4 Å². The minimum atomic E-state index is 0.847. The Morgan fingerprint density at radius 2 is 2.33 bits per heavy atom. The first-order valence-corrected chi connectivity index (χ1v) is 9.11. The highest BCUT2D eigenvalue weighted by atomic mass is 32.2. The van der Waals surface area contributed by atoms with Gasteiger partial charge in [0.05, 0.1) is 16.9 Å². The van der Waals surface area contributed by atoms with Crippen LogP contribution in [0.5, 0.6) is 0 Å². The van der Waals surface area contributed by atoms with Crippen LogP contribution in [0.3, 0.4) is 0 Å². The van der Waals surface area contributed by atoms with Crippen molar-refractivity contribution >= 4 is 46.6 Å². The molecule has 1 aromatic carbocycles. The molecule has 0 spiro atoms. The number of para-hydroxylation sites is 1. The van der Waals surface area contributed by atoms with Crippen LogP contribution in [-0.2, 0) is 0 Å². The van der Waals surface area contributed by atoms with Gasteiger partial charge in [0.25, 0.3) is 0 Å². The van der Waals surface area contributed by atoms with Gasteiger partial charge >= 0.3 is 0 Å².